The summed E-state index contributed by atoms with van der Waals surface area (Å²) in [5, 5.41) is 25.3. The largest absolute Gasteiger partial charge is 0.497 e. The maximum atomic E-state index is 10.9. The third-order valence-corrected chi connectivity index (χ3v) is 6.55. The van der Waals surface area contributed by atoms with Crippen LogP contribution >= 0.6 is 0 Å². The number of aliphatic hydroxyl groups is 2. The molecule has 6 nitrogen and oxygen atoms in total. The molecule has 31 heavy (non-hydrogen) atoms. The number of methoxy groups -OCH3 is 1. The van der Waals surface area contributed by atoms with E-state index in [0.717, 1.165) is 48.3 Å². The first-order valence-corrected chi connectivity index (χ1v) is 11.8. The van der Waals surface area contributed by atoms with E-state index in [0.29, 0.717) is 6.54 Å². The average molecular weight is 430 g/mol. The highest BCUT2D eigenvalue weighted by atomic mass is 16.5. The Balaban J connectivity index is 1.53. The van der Waals surface area contributed by atoms with Crippen molar-refractivity contribution in [3.63, 3.8) is 0 Å². The van der Waals surface area contributed by atoms with Gasteiger partial charge >= 0.3 is 0 Å². The summed E-state index contributed by atoms with van der Waals surface area (Å²) in [5.41, 5.74) is 1.69. The van der Waals surface area contributed by atoms with Crippen molar-refractivity contribution in [3.8, 4) is 5.75 Å². The smallest absolute Gasteiger partial charge is 0.119 e. The van der Waals surface area contributed by atoms with Gasteiger partial charge < -0.3 is 25.2 Å². The molecule has 0 saturated carbocycles. The van der Waals surface area contributed by atoms with E-state index < -0.39 is 6.10 Å². The van der Waals surface area contributed by atoms with Gasteiger partial charge in [-0.1, -0.05) is 32.6 Å². The van der Waals surface area contributed by atoms with Gasteiger partial charge in [0.15, 0.2) is 0 Å². The summed E-state index contributed by atoms with van der Waals surface area (Å²) in [4.78, 5) is 6.89. The number of aromatic nitrogens is 1. The number of hydrogen-bond acceptors (Lipinski definition) is 6. The van der Waals surface area contributed by atoms with Crippen molar-refractivity contribution in [2.75, 3.05) is 39.9 Å². The standard InChI is InChI=1S/C25H39N3O3/c1-3-4-5-6-7-13-28-14-11-23(19(17-28)18-29)27-16-25(30)21-10-12-26-24-9-8-20(31-2)15-22(21)24/h8-10,12,15,19,23,25,27,29-30H,3-7,11,13-14,16-18H2,1-2H3/t19?,23?,25-/m0/s1. The van der Waals surface area contributed by atoms with Crippen LogP contribution in [0.5, 0.6) is 5.75 Å². The fourth-order valence-electron chi connectivity index (χ4n) is 4.64. The van der Waals surface area contributed by atoms with Crippen LogP contribution in [0.1, 0.15) is 57.1 Å². The highest BCUT2D eigenvalue weighted by Gasteiger charge is 2.28. The van der Waals surface area contributed by atoms with E-state index >= 15 is 0 Å². The molecular weight excluding hydrogens is 390 g/mol. The second-order valence-electron chi connectivity index (χ2n) is 8.76. The number of piperidine rings is 1. The van der Waals surface area contributed by atoms with Gasteiger partial charge in [0, 0.05) is 43.2 Å². The zero-order chi connectivity index (χ0) is 22.1. The van der Waals surface area contributed by atoms with E-state index in [9.17, 15) is 10.2 Å². The SMILES string of the molecule is CCCCCCCN1CCC(NC[C@H](O)c2ccnc3ccc(OC)cc23)C(CO)C1. The topological polar surface area (TPSA) is 77.9 Å². The number of nitrogens with zero attached hydrogens (tertiary/aromatic N) is 2. The van der Waals surface area contributed by atoms with E-state index in [2.05, 4.69) is 22.1 Å². The van der Waals surface area contributed by atoms with Crippen molar-refractivity contribution < 1.29 is 14.9 Å². The summed E-state index contributed by atoms with van der Waals surface area (Å²) in [6.45, 7) is 5.97. The van der Waals surface area contributed by atoms with Gasteiger partial charge in [-0.3, -0.25) is 4.98 Å². The number of nitrogens with one attached hydrogen (secondary N) is 1. The molecule has 1 saturated heterocycles. The zero-order valence-corrected chi connectivity index (χ0v) is 19.1. The summed E-state index contributed by atoms with van der Waals surface area (Å²) in [6.07, 6.45) is 8.56. The number of pyridine rings is 1. The molecule has 1 fully saturated rings. The first-order valence-electron chi connectivity index (χ1n) is 11.8. The minimum absolute atomic E-state index is 0.176. The van der Waals surface area contributed by atoms with Gasteiger partial charge in [0.25, 0.3) is 0 Å². The van der Waals surface area contributed by atoms with Gasteiger partial charge in [-0.25, -0.2) is 0 Å². The summed E-state index contributed by atoms with van der Waals surface area (Å²) >= 11 is 0. The molecule has 2 heterocycles. The minimum Gasteiger partial charge on any atom is -0.497 e. The van der Waals surface area contributed by atoms with Gasteiger partial charge in [-0.15, -0.1) is 0 Å². The predicted molar refractivity (Wildman–Crippen MR) is 125 cm³/mol. The first kappa shape index (κ1) is 23.9. The number of hydrogen-bond donors (Lipinski definition) is 3. The predicted octanol–water partition coefficient (Wildman–Crippen LogP) is 3.52. The van der Waals surface area contributed by atoms with Crippen LogP contribution in [0.25, 0.3) is 10.9 Å². The Bertz CT molecular complexity index is 801. The monoisotopic (exact) mass is 429 g/mol. The highest BCUT2D eigenvalue weighted by Crippen LogP contribution is 2.27. The molecule has 0 aliphatic carbocycles. The van der Waals surface area contributed by atoms with Gasteiger partial charge in [0.1, 0.15) is 5.75 Å². The van der Waals surface area contributed by atoms with E-state index in [1.54, 1.807) is 13.3 Å². The molecule has 1 aromatic heterocycles. The molecular formula is C25H39N3O3. The Kier molecular flexibility index (Phi) is 9.53. The third-order valence-electron chi connectivity index (χ3n) is 6.55. The minimum atomic E-state index is -0.645. The van der Waals surface area contributed by atoms with Crippen molar-refractivity contribution in [2.45, 2.75) is 57.6 Å². The fraction of sp³-hybridized carbons (Fsp3) is 0.640. The summed E-state index contributed by atoms with van der Waals surface area (Å²) in [7, 11) is 1.64. The quantitative estimate of drug-likeness (QED) is 0.448. The van der Waals surface area contributed by atoms with Crippen molar-refractivity contribution in [2.24, 2.45) is 5.92 Å². The van der Waals surface area contributed by atoms with Crippen LogP contribution < -0.4 is 10.1 Å². The van der Waals surface area contributed by atoms with Gasteiger partial charge in [-0.2, -0.15) is 0 Å². The van der Waals surface area contributed by atoms with Crippen LogP contribution in [0.4, 0.5) is 0 Å². The number of benzene rings is 1. The van der Waals surface area contributed by atoms with E-state index in [1.807, 2.05) is 24.3 Å². The molecule has 172 valence electrons. The van der Waals surface area contributed by atoms with Crippen molar-refractivity contribution in [1.82, 2.24) is 15.2 Å². The lowest BCUT2D eigenvalue weighted by Gasteiger charge is -2.38. The van der Waals surface area contributed by atoms with Crippen LogP contribution in [0.3, 0.4) is 0 Å². The molecule has 1 aromatic carbocycles. The molecule has 2 unspecified atom stereocenters. The Morgan fingerprint density at radius 2 is 2.06 bits per heavy atom. The van der Waals surface area contributed by atoms with Gasteiger partial charge in [0.05, 0.1) is 18.7 Å². The Labute approximate surface area is 186 Å². The number of fused-ring (bicyclic) bond motifs is 1. The molecule has 3 N–H and O–H groups in total. The van der Waals surface area contributed by atoms with Crippen molar-refractivity contribution >= 4 is 10.9 Å². The Morgan fingerprint density at radius 1 is 1.23 bits per heavy atom. The number of unbranched alkanes of at least 4 members (excludes halogenated alkanes) is 4. The second kappa shape index (κ2) is 12.3. The maximum absolute atomic E-state index is 10.9. The molecule has 1 aliphatic rings. The maximum Gasteiger partial charge on any atom is 0.119 e. The van der Waals surface area contributed by atoms with E-state index in [1.165, 1.54) is 32.1 Å². The lowest BCUT2D eigenvalue weighted by atomic mass is 9.92. The molecule has 3 atom stereocenters. The molecule has 0 amide bonds. The Morgan fingerprint density at radius 3 is 2.84 bits per heavy atom. The van der Waals surface area contributed by atoms with Crippen LogP contribution in [0, 0.1) is 5.92 Å². The number of rotatable bonds is 12. The van der Waals surface area contributed by atoms with Crippen LogP contribution in [-0.2, 0) is 0 Å². The van der Waals surface area contributed by atoms with Crippen LogP contribution in [0.2, 0.25) is 0 Å². The van der Waals surface area contributed by atoms with Crippen LogP contribution in [-0.4, -0.2) is 66.0 Å². The van der Waals surface area contributed by atoms with Crippen LogP contribution in [0.15, 0.2) is 30.5 Å². The molecule has 3 rings (SSSR count). The van der Waals surface area contributed by atoms with Gasteiger partial charge in [-0.05, 0) is 55.8 Å². The number of likely N-dealkylation sites (tertiary alicyclic amines) is 1. The van der Waals surface area contributed by atoms with Gasteiger partial charge in [0.2, 0.25) is 0 Å². The number of ether oxygens (including phenoxy) is 1. The normalized spacial score (nSPS) is 20.8. The molecule has 0 bridgehead atoms. The molecule has 1 aliphatic heterocycles. The zero-order valence-electron chi connectivity index (χ0n) is 19.1. The third kappa shape index (κ3) is 6.62. The summed E-state index contributed by atoms with van der Waals surface area (Å²) in [5.74, 6) is 0.954. The number of aliphatic hydroxyl groups excluding tert-OH is 2. The Hall–Kier alpha value is -1.73. The molecule has 0 radical (unpaired) electrons. The summed E-state index contributed by atoms with van der Waals surface area (Å²) in [6, 6.07) is 7.82. The lowest BCUT2D eigenvalue weighted by Crippen LogP contribution is -2.51. The molecule has 6 heteroatoms. The fourth-order valence-corrected chi connectivity index (χ4v) is 4.64. The van der Waals surface area contributed by atoms with Crippen molar-refractivity contribution in [3.05, 3.63) is 36.0 Å². The lowest BCUT2D eigenvalue weighted by molar-refractivity contribution is 0.0794. The first-order chi connectivity index (χ1) is 15.2. The highest BCUT2D eigenvalue weighted by molar-refractivity contribution is 5.83. The molecule has 2 aromatic rings. The van der Waals surface area contributed by atoms with E-state index in [-0.39, 0.29) is 18.6 Å². The second-order valence-corrected chi connectivity index (χ2v) is 8.76. The summed E-state index contributed by atoms with van der Waals surface area (Å²) < 4.78 is 5.34. The van der Waals surface area contributed by atoms with E-state index in [4.69, 9.17) is 4.74 Å². The average Bonchev–Trinajstić information content (AvgIpc) is 2.81. The molecule has 0 spiro atoms. The van der Waals surface area contributed by atoms with Crippen molar-refractivity contribution in [1.29, 1.82) is 0 Å².